The van der Waals surface area contributed by atoms with E-state index in [2.05, 4.69) is 25.6 Å². The lowest BCUT2D eigenvalue weighted by Crippen LogP contribution is -2.17. The molecule has 0 fully saturated rings. The van der Waals surface area contributed by atoms with Gasteiger partial charge in [0.2, 0.25) is 0 Å². The topological polar surface area (TPSA) is 27.7 Å². The van der Waals surface area contributed by atoms with E-state index in [4.69, 9.17) is 4.74 Å². The SMILES string of the molecule is FOc1ccc(Oc2ccc(Br)cc2)c(OC(F)(F)F)c1. The molecule has 0 aromatic heterocycles. The molecule has 0 saturated carbocycles. The van der Waals surface area contributed by atoms with Gasteiger partial charge in [-0.1, -0.05) is 15.9 Å². The second-order valence-electron chi connectivity index (χ2n) is 3.79. The highest BCUT2D eigenvalue weighted by molar-refractivity contribution is 9.10. The number of alkyl halides is 3. The lowest BCUT2D eigenvalue weighted by molar-refractivity contribution is -0.275. The molecule has 0 amide bonds. The Bertz CT molecular complexity index is 614. The molecule has 0 atom stereocenters. The maximum Gasteiger partial charge on any atom is 0.573 e. The zero-order chi connectivity index (χ0) is 15.5. The lowest BCUT2D eigenvalue weighted by Gasteiger charge is -2.14. The fourth-order valence-corrected chi connectivity index (χ4v) is 1.72. The summed E-state index contributed by atoms with van der Waals surface area (Å²) in [5, 5.41) is 0. The first-order chi connectivity index (χ1) is 9.87. The average molecular weight is 367 g/mol. The summed E-state index contributed by atoms with van der Waals surface area (Å²) >= 11 is 3.22. The van der Waals surface area contributed by atoms with E-state index in [1.807, 2.05) is 0 Å². The Morgan fingerprint density at radius 2 is 1.48 bits per heavy atom. The highest BCUT2D eigenvalue weighted by atomic mass is 79.9. The van der Waals surface area contributed by atoms with Crippen molar-refractivity contribution in [3.63, 3.8) is 0 Å². The molecule has 0 aliphatic heterocycles. The molecule has 21 heavy (non-hydrogen) atoms. The van der Waals surface area contributed by atoms with Gasteiger partial charge in [-0.15, -0.1) is 13.2 Å². The van der Waals surface area contributed by atoms with E-state index in [0.29, 0.717) is 5.75 Å². The molecule has 0 radical (unpaired) electrons. The van der Waals surface area contributed by atoms with Gasteiger partial charge in [-0.05, 0) is 36.4 Å². The Morgan fingerprint density at radius 1 is 0.857 bits per heavy atom. The van der Waals surface area contributed by atoms with Crippen LogP contribution < -0.4 is 14.4 Å². The van der Waals surface area contributed by atoms with Crippen LogP contribution in [0.15, 0.2) is 46.9 Å². The zero-order valence-electron chi connectivity index (χ0n) is 10.2. The zero-order valence-corrected chi connectivity index (χ0v) is 11.7. The molecule has 0 spiro atoms. The van der Waals surface area contributed by atoms with E-state index in [0.717, 1.165) is 22.7 Å². The van der Waals surface area contributed by atoms with Crippen molar-refractivity contribution in [3.8, 4) is 23.0 Å². The predicted octanol–water partition coefficient (Wildman–Crippen LogP) is 5.40. The molecular formula is C13H7BrF4O3. The van der Waals surface area contributed by atoms with Crippen LogP contribution >= 0.6 is 15.9 Å². The molecule has 0 unspecified atom stereocenters. The number of hydrogen-bond donors (Lipinski definition) is 0. The quantitative estimate of drug-likeness (QED) is 0.677. The number of ether oxygens (including phenoxy) is 2. The van der Waals surface area contributed by atoms with Gasteiger partial charge in [0.25, 0.3) is 0 Å². The number of benzene rings is 2. The molecule has 2 rings (SSSR count). The molecular weight excluding hydrogens is 360 g/mol. The third-order valence-corrected chi connectivity index (χ3v) is 2.80. The van der Waals surface area contributed by atoms with Crippen molar-refractivity contribution in [2.24, 2.45) is 0 Å². The van der Waals surface area contributed by atoms with Crippen LogP contribution in [0.25, 0.3) is 0 Å². The standard InChI is InChI=1S/C13H7BrF4O3/c14-8-1-3-9(4-2-8)19-11-6-5-10(21-18)7-12(11)20-13(15,16)17/h1-7H. The predicted molar refractivity (Wildman–Crippen MR) is 69.1 cm³/mol. The molecule has 0 heterocycles. The molecule has 0 N–H and O–H groups in total. The van der Waals surface area contributed by atoms with Crippen LogP contribution in [-0.4, -0.2) is 6.36 Å². The summed E-state index contributed by atoms with van der Waals surface area (Å²) in [4.78, 5) is 3.38. The Hall–Kier alpha value is -1.96. The van der Waals surface area contributed by atoms with E-state index >= 15 is 0 Å². The molecule has 0 aliphatic carbocycles. The van der Waals surface area contributed by atoms with E-state index in [9.17, 15) is 17.7 Å². The van der Waals surface area contributed by atoms with Crippen LogP contribution in [0, 0.1) is 0 Å². The maximum absolute atomic E-state index is 12.3. The first-order valence-corrected chi connectivity index (χ1v) is 6.28. The fraction of sp³-hybridized carbons (Fsp3) is 0.0769. The van der Waals surface area contributed by atoms with Gasteiger partial charge in [0, 0.05) is 15.1 Å². The van der Waals surface area contributed by atoms with Gasteiger partial charge in [-0.2, -0.15) is 0 Å². The third-order valence-electron chi connectivity index (χ3n) is 2.27. The summed E-state index contributed by atoms with van der Waals surface area (Å²) in [6.45, 7) is 0. The normalized spacial score (nSPS) is 11.1. The summed E-state index contributed by atoms with van der Waals surface area (Å²) in [7, 11) is 0. The van der Waals surface area contributed by atoms with Gasteiger partial charge in [0.05, 0.1) is 0 Å². The average Bonchev–Trinajstić information content (AvgIpc) is 2.41. The van der Waals surface area contributed by atoms with Crippen molar-refractivity contribution in [1.82, 2.24) is 0 Å². The first kappa shape index (κ1) is 15.4. The van der Waals surface area contributed by atoms with Crippen molar-refractivity contribution in [2.45, 2.75) is 6.36 Å². The van der Waals surface area contributed by atoms with Crippen molar-refractivity contribution in [3.05, 3.63) is 46.9 Å². The third kappa shape index (κ3) is 4.52. The largest absolute Gasteiger partial charge is 0.573 e. The molecule has 3 nitrogen and oxygen atoms in total. The minimum absolute atomic E-state index is 0.226. The summed E-state index contributed by atoms with van der Waals surface area (Å²) in [5.41, 5.74) is 0. The number of rotatable bonds is 4. The molecule has 0 saturated heterocycles. The van der Waals surface area contributed by atoms with E-state index in [-0.39, 0.29) is 5.75 Å². The number of hydrogen-bond acceptors (Lipinski definition) is 3. The van der Waals surface area contributed by atoms with Gasteiger partial charge >= 0.3 is 6.36 Å². The Morgan fingerprint density at radius 3 is 2.05 bits per heavy atom. The number of halogens is 5. The summed E-state index contributed by atoms with van der Waals surface area (Å²) in [6.07, 6.45) is -4.94. The Labute approximate surface area is 125 Å². The fourth-order valence-electron chi connectivity index (χ4n) is 1.45. The summed E-state index contributed by atoms with van der Waals surface area (Å²) < 4.78 is 58.9. The van der Waals surface area contributed by atoms with Crippen LogP contribution in [0.4, 0.5) is 17.7 Å². The van der Waals surface area contributed by atoms with E-state index in [1.165, 1.54) is 0 Å². The lowest BCUT2D eigenvalue weighted by atomic mass is 10.3. The highest BCUT2D eigenvalue weighted by Gasteiger charge is 2.33. The summed E-state index contributed by atoms with van der Waals surface area (Å²) in [5.74, 6) is -1.08. The smallest absolute Gasteiger partial charge is 0.453 e. The first-order valence-electron chi connectivity index (χ1n) is 5.49. The van der Waals surface area contributed by atoms with Crippen LogP contribution in [0.3, 0.4) is 0 Å². The van der Waals surface area contributed by atoms with Crippen LogP contribution in [0.5, 0.6) is 23.0 Å². The molecule has 8 heteroatoms. The van der Waals surface area contributed by atoms with E-state index < -0.39 is 17.9 Å². The van der Waals surface area contributed by atoms with Crippen molar-refractivity contribution < 1.29 is 32.1 Å². The van der Waals surface area contributed by atoms with E-state index in [1.54, 1.807) is 24.3 Å². The second kappa shape index (κ2) is 6.21. The monoisotopic (exact) mass is 366 g/mol. The molecule has 2 aromatic carbocycles. The minimum Gasteiger partial charge on any atom is -0.453 e. The second-order valence-corrected chi connectivity index (χ2v) is 4.71. The van der Waals surface area contributed by atoms with Gasteiger partial charge < -0.3 is 9.47 Å². The van der Waals surface area contributed by atoms with Crippen molar-refractivity contribution in [2.75, 3.05) is 0 Å². The molecule has 2 aromatic rings. The highest BCUT2D eigenvalue weighted by Crippen LogP contribution is 2.38. The van der Waals surface area contributed by atoms with Crippen LogP contribution in [-0.2, 0) is 0 Å². The van der Waals surface area contributed by atoms with Crippen molar-refractivity contribution >= 4 is 15.9 Å². The Kier molecular flexibility index (Phi) is 4.56. The molecule has 0 bridgehead atoms. The minimum atomic E-state index is -4.94. The molecule has 112 valence electrons. The van der Waals surface area contributed by atoms with Gasteiger partial charge in [-0.3, -0.25) is 4.94 Å². The van der Waals surface area contributed by atoms with Crippen LogP contribution in [0.1, 0.15) is 0 Å². The van der Waals surface area contributed by atoms with Gasteiger partial charge in [0.1, 0.15) is 5.75 Å². The summed E-state index contributed by atoms with van der Waals surface area (Å²) in [6, 6.07) is 9.34. The Balaban J connectivity index is 2.30. The van der Waals surface area contributed by atoms with Gasteiger partial charge in [-0.25, -0.2) is 0 Å². The molecule has 0 aliphatic rings. The maximum atomic E-state index is 12.3. The van der Waals surface area contributed by atoms with Crippen molar-refractivity contribution in [1.29, 1.82) is 0 Å². The van der Waals surface area contributed by atoms with Gasteiger partial charge in [0.15, 0.2) is 17.2 Å². The van der Waals surface area contributed by atoms with Crippen LogP contribution in [0.2, 0.25) is 0 Å².